The predicted octanol–water partition coefficient (Wildman–Crippen LogP) is 4.82. The fourth-order valence-corrected chi connectivity index (χ4v) is 7.61. The van der Waals surface area contributed by atoms with Crippen LogP contribution in [-0.4, -0.2) is 124 Å². The Morgan fingerprint density at radius 3 is 1.59 bits per heavy atom. The Morgan fingerprint density at radius 2 is 1.15 bits per heavy atom. The summed E-state index contributed by atoms with van der Waals surface area (Å²) in [6.45, 7) is 8.82. The average molecular weight is 835 g/mol. The number of alkyl carbamates (subject to hydrolysis) is 2. The fraction of sp³-hybridized carbons (Fsp3) is 0.432. The molecule has 4 atom stereocenters. The van der Waals surface area contributed by atoms with Gasteiger partial charge in [0.1, 0.15) is 29.8 Å². The Kier molecular flexibility index (Phi) is 14.0. The summed E-state index contributed by atoms with van der Waals surface area (Å²) in [6.07, 6.45) is 3.73. The Bertz CT molecular complexity index is 2260. The standard InChI is InChI=1S/C44H54N10O7/c1-26(2)36(50-43(58)60-6)40(55)53-20-8-9-34(53)38-46-23-32(48-38)30-16-12-28(13-17-30)10-11-29-14-18-31(19-15-29)33-24-47-39(49-33)35-25-52(42(57)45-5)21-22-54(35)41(56)37(27(3)4)51-44(59)61-7/h12-19,23-24,26-27,34-37H,8-9,20-22,25H2,1-7H3,(H,45,57)(H,46,48)(H,47,49)(H,50,58)(H,51,59)/t34-,35-,36?,37-/m0/s1. The number of rotatable bonds is 10. The summed E-state index contributed by atoms with van der Waals surface area (Å²) in [5, 5.41) is 8.00. The minimum absolute atomic E-state index is 0.119. The fourth-order valence-electron chi connectivity index (χ4n) is 7.61. The van der Waals surface area contributed by atoms with Gasteiger partial charge in [0.2, 0.25) is 11.8 Å². The van der Waals surface area contributed by atoms with Gasteiger partial charge in [-0.3, -0.25) is 9.59 Å². The largest absolute Gasteiger partial charge is 0.453 e. The third-order valence-electron chi connectivity index (χ3n) is 11.0. The van der Waals surface area contributed by atoms with E-state index in [9.17, 15) is 24.0 Å². The number of methoxy groups -OCH3 is 2. The highest BCUT2D eigenvalue weighted by atomic mass is 16.5. The van der Waals surface area contributed by atoms with Gasteiger partial charge in [-0.15, -0.1) is 0 Å². The summed E-state index contributed by atoms with van der Waals surface area (Å²) in [5.41, 5.74) is 4.98. The monoisotopic (exact) mass is 834 g/mol. The summed E-state index contributed by atoms with van der Waals surface area (Å²) in [4.78, 5) is 85.2. The number of carbonyl (C=O) groups excluding carboxylic acids is 5. The molecule has 4 heterocycles. The highest BCUT2D eigenvalue weighted by Gasteiger charge is 2.40. The third-order valence-corrected chi connectivity index (χ3v) is 11.0. The zero-order valence-corrected chi connectivity index (χ0v) is 35.6. The lowest BCUT2D eigenvalue weighted by Crippen LogP contribution is -2.59. The van der Waals surface area contributed by atoms with E-state index in [0.717, 1.165) is 46.5 Å². The van der Waals surface area contributed by atoms with Crippen molar-refractivity contribution in [3.8, 4) is 34.4 Å². The molecule has 322 valence electrons. The maximum absolute atomic E-state index is 13.9. The first-order valence-corrected chi connectivity index (χ1v) is 20.4. The molecular weight excluding hydrogens is 781 g/mol. The molecule has 1 unspecified atom stereocenters. The lowest BCUT2D eigenvalue weighted by molar-refractivity contribution is -0.139. The molecular formula is C44H54N10O7. The van der Waals surface area contributed by atoms with Crippen LogP contribution in [0.5, 0.6) is 0 Å². The van der Waals surface area contributed by atoms with Crippen LogP contribution in [0, 0.1) is 23.7 Å². The van der Waals surface area contributed by atoms with Crippen LogP contribution in [0.4, 0.5) is 14.4 Å². The molecule has 17 heteroatoms. The molecule has 0 radical (unpaired) electrons. The van der Waals surface area contributed by atoms with Crippen LogP contribution in [0.15, 0.2) is 60.9 Å². The number of piperazine rings is 1. The van der Waals surface area contributed by atoms with E-state index in [4.69, 9.17) is 9.47 Å². The quantitative estimate of drug-likeness (QED) is 0.139. The molecule has 5 N–H and O–H groups in total. The van der Waals surface area contributed by atoms with Crippen molar-refractivity contribution in [3.05, 3.63) is 83.7 Å². The lowest BCUT2D eigenvalue weighted by Gasteiger charge is -2.42. The normalized spacial score (nSPS) is 17.3. The van der Waals surface area contributed by atoms with E-state index < -0.39 is 30.3 Å². The number of nitrogens with one attached hydrogen (secondary N) is 5. The van der Waals surface area contributed by atoms with Gasteiger partial charge in [-0.05, 0) is 60.1 Å². The van der Waals surface area contributed by atoms with Crippen molar-refractivity contribution in [1.29, 1.82) is 0 Å². The number of benzene rings is 2. The van der Waals surface area contributed by atoms with Gasteiger partial charge in [0.05, 0.1) is 50.6 Å². The van der Waals surface area contributed by atoms with E-state index >= 15 is 0 Å². The number of H-pyrrole nitrogens is 2. The van der Waals surface area contributed by atoms with Crippen molar-refractivity contribution in [2.45, 2.75) is 64.7 Å². The third kappa shape index (κ3) is 10.1. The number of nitrogens with zero attached hydrogens (tertiary/aromatic N) is 5. The molecule has 0 saturated carbocycles. The van der Waals surface area contributed by atoms with Gasteiger partial charge in [-0.1, -0.05) is 63.8 Å². The number of amides is 6. The number of ether oxygens (including phenoxy) is 2. The van der Waals surface area contributed by atoms with Gasteiger partial charge in [-0.25, -0.2) is 24.4 Å². The Balaban J connectivity index is 1.12. The van der Waals surface area contributed by atoms with E-state index in [1.54, 1.807) is 34.1 Å². The van der Waals surface area contributed by atoms with Crippen molar-refractivity contribution < 1.29 is 33.4 Å². The van der Waals surface area contributed by atoms with Crippen LogP contribution in [0.1, 0.15) is 75.4 Å². The van der Waals surface area contributed by atoms with Gasteiger partial charge in [-0.2, -0.15) is 0 Å². The van der Waals surface area contributed by atoms with E-state index in [0.29, 0.717) is 24.7 Å². The molecule has 2 aliphatic heterocycles. The van der Waals surface area contributed by atoms with Gasteiger partial charge in [0.25, 0.3) is 0 Å². The summed E-state index contributed by atoms with van der Waals surface area (Å²) in [5.74, 6) is 6.88. The van der Waals surface area contributed by atoms with Gasteiger partial charge in [0, 0.05) is 37.8 Å². The zero-order valence-electron chi connectivity index (χ0n) is 35.6. The molecule has 2 aromatic carbocycles. The molecule has 6 amide bonds. The first kappa shape index (κ1) is 43.7. The highest BCUT2D eigenvalue weighted by molar-refractivity contribution is 5.87. The van der Waals surface area contributed by atoms with Crippen LogP contribution in [-0.2, 0) is 19.1 Å². The lowest BCUT2D eigenvalue weighted by atomic mass is 10.0. The molecule has 2 aliphatic rings. The number of likely N-dealkylation sites (tertiary alicyclic amines) is 1. The van der Waals surface area contributed by atoms with E-state index in [2.05, 4.69) is 47.7 Å². The van der Waals surface area contributed by atoms with E-state index in [-0.39, 0.29) is 48.8 Å². The maximum atomic E-state index is 13.9. The Hall–Kier alpha value is -6.83. The smallest absolute Gasteiger partial charge is 0.407 e. The molecule has 0 bridgehead atoms. The van der Waals surface area contributed by atoms with Crippen LogP contribution in [0.2, 0.25) is 0 Å². The number of carbonyl (C=O) groups is 5. The predicted molar refractivity (Wildman–Crippen MR) is 227 cm³/mol. The number of hydrogen-bond donors (Lipinski definition) is 5. The minimum atomic E-state index is -0.830. The molecule has 0 aliphatic carbocycles. The van der Waals surface area contributed by atoms with Crippen molar-refractivity contribution in [2.75, 3.05) is 47.4 Å². The molecule has 61 heavy (non-hydrogen) atoms. The van der Waals surface area contributed by atoms with Crippen molar-refractivity contribution in [2.24, 2.45) is 11.8 Å². The van der Waals surface area contributed by atoms with Crippen LogP contribution < -0.4 is 16.0 Å². The van der Waals surface area contributed by atoms with E-state index in [1.807, 2.05) is 76.2 Å². The minimum Gasteiger partial charge on any atom is -0.453 e. The molecule has 2 saturated heterocycles. The van der Waals surface area contributed by atoms with Crippen LogP contribution in [0.25, 0.3) is 22.5 Å². The van der Waals surface area contributed by atoms with Crippen molar-refractivity contribution in [1.82, 2.24) is 50.6 Å². The van der Waals surface area contributed by atoms with Gasteiger partial charge < -0.3 is 50.1 Å². The molecule has 4 aromatic rings. The average Bonchev–Trinajstić information content (AvgIpc) is 4.08. The van der Waals surface area contributed by atoms with Crippen LogP contribution >= 0.6 is 0 Å². The van der Waals surface area contributed by atoms with E-state index in [1.165, 1.54) is 14.2 Å². The topological polar surface area (TPSA) is 207 Å². The van der Waals surface area contributed by atoms with Crippen molar-refractivity contribution in [3.63, 3.8) is 0 Å². The number of aromatic amines is 2. The first-order valence-electron chi connectivity index (χ1n) is 20.4. The zero-order chi connectivity index (χ0) is 43.8. The second-order valence-electron chi connectivity index (χ2n) is 15.7. The maximum Gasteiger partial charge on any atom is 0.407 e. The molecule has 6 rings (SSSR count). The molecule has 2 fully saturated rings. The molecule has 0 spiro atoms. The highest BCUT2D eigenvalue weighted by Crippen LogP contribution is 2.33. The second kappa shape index (κ2) is 19.5. The number of aromatic nitrogens is 4. The van der Waals surface area contributed by atoms with Gasteiger partial charge >= 0.3 is 18.2 Å². The SMILES string of the molecule is CNC(=O)N1CCN(C(=O)[C@@H](NC(=O)OC)C(C)C)[C@H](c2ncc(-c3ccc(C#Cc4ccc(-c5cnc([C@@H]6CCCN6C(=O)C(NC(=O)OC)C(C)C)[nH]5)cc4)cc3)[nH]2)C1. The van der Waals surface area contributed by atoms with Crippen LogP contribution in [0.3, 0.4) is 0 Å². The number of imidazole rings is 2. The van der Waals surface area contributed by atoms with Crippen molar-refractivity contribution >= 4 is 30.0 Å². The summed E-state index contributed by atoms with van der Waals surface area (Å²) in [6, 6.07) is 12.9. The summed E-state index contributed by atoms with van der Waals surface area (Å²) < 4.78 is 9.52. The Morgan fingerprint density at radius 1 is 0.689 bits per heavy atom. The first-order chi connectivity index (χ1) is 29.3. The second-order valence-corrected chi connectivity index (χ2v) is 15.7. The Labute approximate surface area is 355 Å². The van der Waals surface area contributed by atoms with Gasteiger partial charge in [0.15, 0.2) is 0 Å². The molecule has 2 aromatic heterocycles. The number of hydrogen-bond acceptors (Lipinski definition) is 9. The molecule has 17 nitrogen and oxygen atoms in total. The summed E-state index contributed by atoms with van der Waals surface area (Å²) >= 11 is 0. The summed E-state index contributed by atoms with van der Waals surface area (Å²) in [7, 11) is 4.09. The number of urea groups is 1.